The van der Waals surface area contributed by atoms with Crippen LogP contribution >= 0.6 is 0 Å². The zero-order chi connectivity index (χ0) is 19.5. The Labute approximate surface area is 161 Å². The Bertz CT molecular complexity index is 1170. The number of hydrogen-bond acceptors (Lipinski definition) is 4. The second kappa shape index (κ2) is 7.37. The molecule has 0 amide bonds. The molecule has 28 heavy (non-hydrogen) atoms. The maximum Gasteiger partial charge on any atom is 0.346 e. The van der Waals surface area contributed by atoms with Gasteiger partial charge in [-0.1, -0.05) is 60.7 Å². The summed E-state index contributed by atoms with van der Waals surface area (Å²) in [5.41, 5.74) is 1.77. The van der Waals surface area contributed by atoms with Crippen molar-refractivity contribution in [1.29, 1.82) is 0 Å². The summed E-state index contributed by atoms with van der Waals surface area (Å²) in [7, 11) is 0. The van der Waals surface area contributed by atoms with Gasteiger partial charge in [-0.2, -0.15) is 0 Å². The summed E-state index contributed by atoms with van der Waals surface area (Å²) in [4.78, 5) is 25.0. The molecule has 136 valence electrons. The largest absolute Gasteiger partial charge is 0.508 e. The lowest BCUT2D eigenvalue weighted by Crippen LogP contribution is -2.13. The molecule has 1 N–H and O–H groups in total. The number of hydrogen-bond donors (Lipinski definition) is 1. The predicted octanol–water partition coefficient (Wildman–Crippen LogP) is 5.21. The Morgan fingerprint density at radius 3 is 2.21 bits per heavy atom. The molecule has 0 aliphatic carbocycles. The zero-order valence-corrected chi connectivity index (χ0v) is 14.8. The van der Waals surface area contributed by atoms with Crippen molar-refractivity contribution in [2.75, 3.05) is 0 Å². The number of carbonyl (C=O) groups is 2. The van der Waals surface area contributed by atoms with Crippen molar-refractivity contribution in [3.63, 3.8) is 0 Å². The highest BCUT2D eigenvalue weighted by atomic mass is 16.6. The topological polar surface area (TPSA) is 63.6 Å². The first-order valence-corrected chi connectivity index (χ1v) is 8.76. The minimum Gasteiger partial charge on any atom is -0.508 e. The summed E-state index contributed by atoms with van der Waals surface area (Å²) in [5.74, 6) is -1.46. The lowest BCUT2D eigenvalue weighted by Gasteiger charge is -2.12. The van der Waals surface area contributed by atoms with Gasteiger partial charge in [0.2, 0.25) is 0 Å². The summed E-state index contributed by atoms with van der Waals surface area (Å²) < 4.78 is 5.08. The highest BCUT2D eigenvalue weighted by molar-refractivity contribution is 6.08. The van der Waals surface area contributed by atoms with Gasteiger partial charge in [-0.25, -0.2) is 9.59 Å². The number of rotatable bonds is 3. The van der Waals surface area contributed by atoms with Crippen LogP contribution in [0.5, 0.6) is 5.75 Å². The molecular formula is C24H16O4. The second-order valence-electron chi connectivity index (χ2n) is 6.30. The molecule has 0 aliphatic heterocycles. The first-order valence-electron chi connectivity index (χ1n) is 8.76. The molecule has 4 rings (SSSR count). The Balaban J connectivity index is 1.77. The van der Waals surface area contributed by atoms with E-state index in [1.807, 2.05) is 42.5 Å². The third-order valence-corrected chi connectivity index (χ3v) is 4.50. The van der Waals surface area contributed by atoms with Crippen LogP contribution in [0.25, 0.3) is 21.9 Å². The van der Waals surface area contributed by atoms with Crippen LogP contribution in [0.1, 0.15) is 20.7 Å². The van der Waals surface area contributed by atoms with E-state index in [4.69, 9.17) is 4.74 Å². The van der Waals surface area contributed by atoms with Crippen molar-refractivity contribution in [2.24, 2.45) is 0 Å². The Hall–Kier alpha value is -3.92. The van der Waals surface area contributed by atoms with E-state index in [0.29, 0.717) is 11.1 Å². The first-order chi connectivity index (χ1) is 13.6. The number of aromatic hydroxyl groups is 1. The maximum atomic E-state index is 12.7. The molecule has 0 aliphatic rings. The van der Waals surface area contributed by atoms with Crippen molar-refractivity contribution < 1.29 is 19.4 Å². The van der Waals surface area contributed by atoms with E-state index in [1.54, 1.807) is 30.3 Å². The lowest BCUT2D eigenvalue weighted by molar-refractivity contribution is 0.0398. The fourth-order valence-corrected chi connectivity index (χ4v) is 3.17. The Morgan fingerprint density at radius 2 is 1.39 bits per heavy atom. The summed E-state index contributed by atoms with van der Waals surface area (Å²) in [5, 5.41) is 11.9. The minimum atomic E-state index is -0.767. The van der Waals surface area contributed by atoms with E-state index in [9.17, 15) is 14.7 Å². The monoisotopic (exact) mass is 368 g/mol. The SMILES string of the molecule is O=C(OC(=O)c1ccc(O)cc1-c1cccc2ccccc12)c1ccccc1. The van der Waals surface area contributed by atoms with Crippen LogP contribution in [0.4, 0.5) is 0 Å². The number of carbonyl (C=O) groups excluding carboxylic acids is 2. The van der Waals surface area contributed by atoms with Crippen molar-refractivity contribution in [3.8, 4) is 16.9 Å². The predicted molar refractivity (Wildman–Crippen MR) is 107 cm³/mol. The van der Waals surface area contributed by atoms with Crippen LogP contribution in [0, 0.1) is 0 Å². The van der Waals surface area contributed by atoms with E-state index in [2.05, 4.69) is 0 Å². The van der Waals surface area contributed by atoms with Crippen LogP contribution in [-0.4, -0.2) is 17.0 Å². The average molecular weight is 368 g/mol. The number of benzene rings is 4. The quantitative estimate of drug-likeness (QED) is 0.398. The van der Waals surface area contributed by atoms with E-state index >= 15 is 0 Å². The van der Waals surface area contributed by atoms with Gasteiger partial charge < -0.3 is 9.84 Å². The van der Waals surface area contributed by atoms with Crippen molar-refractivity contribution in [2.45, 2.75) is 0 Å². The fourth-order valence-electron chi connectivity index (χ4n) is 3.17. The first kappa shape index (κ1) is 17.5. The Morgan fingerprint density at radius 1 is 0.679 bits per heavy atom. The second-order valence-corrected chi connectivity index (χ2v) is 6.30. The number of fused-ring (bicyclic) bond motifs is 1. The van der Waals surface area contributed by atoms with E-state index in [0.717, 1.165) is 16.3 Å². The Kier molecular flexibility index (Phi) is 4.60. The fraction of sp³-hybridized carbons (Fsp3) is 0. The number of esters is 2. The third kappa shape index (κ3) is 3.35. The van der Waals surface area contributed by atoms with Gasteiger partial charge in [-0.15, -0.1) is 0 Å². The molecular weight excluding hydrogens is 352 g/mol. The van der Waals surface area contributed by atoms with Gasteiger partial charge in [0, 0.05) is 5.56 Å². The summed E-state index contributed by atoms with van der Waals surface area (Å²) in [6, 6.07) is 26.2. The van der Waals surface area contributed by atoms with E-state index in [1.165, 1.54) is 18.2 Å². The molecule has 0 atom stereocenters. The molecule has 0 spiro atoms. The molecule has 0 unspecified atom stereocenters. The van der Waals surface area contributed by atoms with Gasteiger partial charge in [-0.05, 0) is 46.7 Å². The molecule has 4 aromatic rings. The lowest BCUT2D eigenvalue weighted by atomic mass is 9.94. The maximum absolute atomic E-state index is 12.7. The number of phenols is 1. The molecule has 4 nitrogen and oxygen atoms in total. The van der Waals surface area contributed by atoms with Gasteiger partial charge in [0.15, 0.2) is 0 Å². The van der Waals surface area contributed by atoms with Crippen molar-refractivity contribution >= 4 is 22.7 Å². The van der Waals surface area contributed by atoms with Gasteiger partial charge in [0.1, 0.15) is 5.75 Å². The van der Waals surface area contributed by atoms with Gasteiger partial charge in [-0.3, -0.25) is 0 Å². The third-order valence-electron chi connectivity index (χ3n) is 4.50. The highest BCUT2D eigenvalue weighted by Crippen LogP contribution is 2.33. The minimum absolute atomic E-state index is 0.0221. The van der Waals surface area contributed by atoms with E-state index in [-0.39, 0.29) is 11.3 Å². The molecule has 0 saturated heterocycles. The van der Waals surface area contributed by atoms with E-state index < -0.39 is 11.9 Å². The standard InChI is InChI=1S/C24H16O4/c25-18-13-14-21(24(27)28-23(26)17-8-2-1-3-9-17)22(15-18)20-12-6-10-16-7-4-5-11-19(16)20/h1-15,25H. The van der Waals surface area contributed by atoms with Gasteiger partial charge in [0.05, 0.1) is 11.1 Å². The van der Waals surface area contributed by atoms with Crippen LogP contribution in [-0.2, 0) is 4.74 Å². The smallest absolute Gasteiger partial charge is 0.346 e. The van der Waals surface area contributed by atoms with Crippen molar-refractivity contribution in [1.82, 2.24) is 0 Å². The summed E-state index contributed by atoms with van der Waals surface area (Å²) >= 11 is 0. The number of ether oxygens (including phenoxy) is 1. The normalized spacial score (nSPS) is 10.6. The summed E-state index contributed by atoms with van der Waals surface area (Å²) in [6.45, 7) is 0. The van der Waals surface area contributed by atoms with Gasteiger partial charge in [0.25, 0.3) is 0 Å². The summed E-state index contributed by atoms with van der Waals surface area (Å²) in [6.07, 6.45) is 0. The molecule has 0 heterocycles. The van der Waals surface area contributed by atoms with Crippen LogP contribution < -0.4 is 0 Å². The number of phenolic OH excluding ortho intramolecular Hbond substituents is 1. The highest BCUT2D eigenvalue weighted by Gasteiger charge is 2.20. The van der Waals surface area contributed by atoms with Crippen LogP contribution in [0.2, 0.25) is 0 Å². The average Bonchev–Trinajstić information content (AvgIpc) is 2.73. The molecule has 0 aromatic heterocycles. The molecule has 0 saturated carbocycles. The van der Waals surface area contributed by atoms with Gasteiger partial charge >= 0.3 is 11.9 Å². The zero-order valence-electron chi connectivity index (χ0n) is 14.8. The molecule has 0 radical (unpaired) electrons. The van der Waals surface area contributed by atoms with Crippen LogP contribution in [0.15, 0.2) is 91.0 Å². The molecule has 0 fully saturated rings. The van der Waals surface area contributed by atoms with Crippen molar-refractivity contribution in [3.05, 3.63) is 102 Å². The van der Waals surface area contributed by atoms with Crippen LogP contribution in [0.3, 0.4) is 0 Å². The molecule has 4 heteroatoms. The molecule has 0 bridgehead atoms. The molecule has 4 aromatic carbocycles.